The minimum atomic E-state index is 0.366. The Labute approximate surface area is 95.9 Å². The van der Waals surface area contributed by atoms with E-state index in [1.54, 1.807) is 0 Å². The molecule has 0 spiro atoms. The highest BCUT2D eigenvalue weighted by Gasteiger charge is 2.18. The van der Waals surface area contributed by atoms with Crippen LogP contribution in [-0.2, 0) is 0 Å². The Morgan fingerprint density at radius 3 is 2.31 bits per heavy atom. The van der Waals surface area contributed by atoms with Gasteiger partial charge in [0.2, 0.25) is 0 Å². The molecule has 2 aromatic heterocycles. The summed E-state index contributed by atoms with van der Waals surface area (Å²) in [6.45, 7) is 10.5. The van der Waals surface area contributed by atoms with Gasteiger partial charge in [-0.25, -0.2) is 0 Å². The second-order valence-corrected chi connectivity index (χ2v) is 4.88. The Kier molecular flexibility index (Phi) is 2.70. The molecule has 0 aliphatic carbocycles. The average molecular weight is 218 g/mol. The monoisotopic (exact) mass is 218 g/mol. The molecule has 16 heavy (non-hydrogen) atoms. The molecule has 3 heteroatoms. The van der Waals surface area contributed by atoms with Gasteiger partial charge in [0, 0.05) is 10.9 Å². The maximum Gasteiger partial charge on any atom is 0.159 e. The molecule has 0 saturated carbocycles. The van der Waals surface area contributed by atoms with Crippen molar-refractivity contribution < 1.29 is 4.42 Å². The number of fused-ring (bicyclic) bond motifs is 1. The lowest BCUT2D eigenvalue weighted by atomic mass is 9.97. The minimum absolute atomic E-state index is 0.366. The molecular formula is C13H18N2O. The maximum absolute atomic E-state index is 5.63. The Hall–Kier alpha value is -1.38. The van der Waals surface area contributed by atoms with Gasteiger partial charge in [0.05, 0.1) is 12.0 Å². The van der Waals surface area contributed by atoms with Gasteiger partial charge in [0.15, 0.2) is 5.58 Å². The number of hydrogen-bond acceptors (Lipinski definition) is 3. The highest BCUT2D eigenvalue weighted by molar-refractivity contribution is 5.85. The molecule has 0 unspecified atom stereocenters. The molecule has 0 aliphatic heterocycles. The molecule has 0 N–H and O–H groups in total. The Morgan fingerprint density at radius 1 is 1.06 bits per heavy atom. The van der Waals surface area contributed by atoms with Crippen molar-refractivity contribution >= 4 is 11.0 Å². The van der Waals surface area contributed by atoms with Gasteiger partial charge in [-0.3, -0.25) is 0 Å². The third-order valence-electron chi connectivity index (χ3n) is 2.88. The quantitative estimate of drug-likeness (QED) is 0.770. The average Bonchev–Trinajstić information content (AvgIpc) is 2.62. The van der Waals surface area contributed by atoms with Crippen LogP contribution in [-0.4, -0.2) is 10.2 Å². The van der Waals surface area contributed by atoms with Crippen molar-refractivity contribution in [1.29, 1.82) is 0 Å². The first-order chi connectivity index (χ1) is 7.52. The van der Waals surface area contributed by atoms with Gasteiger partial charge >= 0.3 is 0 Å². The second kappa shape index (κ2) is 3.89. The first kappa shape index (κ1) is 11.1. The molecule has 2 rings (SSSR count). The van der Waals surface area contributed by atoms with Crippen LogP contribution in [0.3, 0.4) is 0 Å². The lowest BCUT2D eigenvalue weighted by Crippen LogP contribution is -2.00. The van der Waals surface area contributed by atoms with E-state index >= 15 is 0 Å². The van der Waals surface area contributed by atoms with Crippen LogP contribution >= 0.6 is 0 Å². The summed E-state index contributed by atoms with van der Waals surface area (Å²) < 4.78 is 5.63. The van der Waals surface area contributed by atoms with Crippen molar-refractivity contribution in [1.82, 2.24) is 10.2 Å². The maximum atomic E-state index is 5.63. The van der Waals surface area contributed by atoms with E-state index in [0.717, 1.165) is 22.4 Å². The van der Waals surface area contributed by atoms with E-state index in [0.29, 0.717) is 11.8 Å². The SMILES string of the molecule is Cc1nnc(C(C)C)c2c(C(C)C)coc12. The number of nitrogens with zero attached hydrogens (tertiary/aromatic N) is 2. The fourth-order valence-electron chi connectivity index (χ4n) is 1.95. The van der Waals surface area contributed by atoms with Crippen molar-refractivity contribution in [3.8, 4) is 0 Å². The first-order valence-electron chi connectivity index (χ1n) is 5.76. The summed E-state index contributed by atoms with van der Waals surface area (Å²) in [5.74, 6) is 0.813. The number of aryl methyl sites for hydroxylation is 1. The van der Waals surface area contributed by atoms with Gasteiger partial charge in [0.25, 0.3) is 0 Å². The lowest BCUT2D eigenvalue weighted by Gasteiger charge is -2.08. The van der Waals surface area contributed by atoms with Crippen LogP contribution < -0.4 is 0 Å². The number of aromatic nitrogens is 2. The predicted octanol–water partition coefficient (Wildman–Crippen LogP) is 3.78. The highest BCUT2D eigenvalue weighted by atomic mass is 16.3. The molecule has 0 aliphatic rings. The summed E-state index contributed by atoms with van der Waals surface area (Å²) in [7, 11) is 0. The van der Waals surface area contributed by atoms with Gasteiger partial charge in [-0.1, -0.05) is 27.7 Å². The van der Waals surface area contributed by atoms with Crippen molar-refractivity contribution in [2.75, 3.05) is 0 Å². The molecule has 0 radical (unpaired) electrons. The second-order valence-electron chi connectivity index (χ2n) is 4.88. The smallest absolute Gasteiger partial charge is 0.159 e. The minimum Gasteiger partial charge on any atom is -0.462 e. The van der Waals surface area contributed by atoms with Crippen LogP contribution in [0.1, 0.15) is 56.5 Å². The fourth-order valence-corrected chi connectivity index (χ4v) is 1.95. The van der Waals surface area contributed by atoms with Crippen LogP contribution in [0.15, 0.2) is 10.7 Å². The molecule has 0 fully saturated rings. The molecule has 86 valence electrons. The molecule has 2 aromatic rings. The summed E-state index contributed by atoms with van der Waals surface area (Å²) in [6.07, 6.45) is 1.84. The summed E-state index contributed by atoms with van der Waals surface area (Å²) in [5.41, 5.74) is 4.03. The van der Waals surface area contributed by atoms with E-state index in [2.05, 4.69) is 37.9 Å². The Bertz CT molecular complexity index is 512. The molecule has 0 amide bonds. The number of furan rings is 1. The van der Waals surface area contributed by atoms with Gasteiger partial charge < -0.3 is 4.42 Å². The van der Waals surface area contributed by atoms with Gasteiger partial charge in [-0.15, -0.1) is 0 Å². The highest BCUT2D eigenvalue weighted by Crippen LogP contribution is 2.33. The Morgan fingerprint density at radius 2 is 1.75 bits per heavy atom. The largest absolute Gasteiger partial charge is 0.462 e. The fraction of sp³-hybridized carbons (Fsp3) is 0.538. The summed E-state index contributed by atoms with van der Waals surface area (Å²) >= 11 is 0. The van der Waals surface area contributed by atoms with E-state index in [4.69, 9.17) is 4.42 Å². The summed E-state index contributed by atoms with van der Waals surface area (Å²) in [6, 6.07) is 0. The van der Waals surface area contributed by atoms with E-state index in [1.165, 1.54) is 5.56 Å². The zero-order valence-corrected chi connectivity index (χ0v) is 10.5. The molecule has 0 saturated heterocycles. The standard InChI is InChI=1S/C13H18N2O/c1-7(2)10-6-16-13-9(5)14-15-12(8(3)4)11(10)13/h6-8H,1-5H3. The third-order valence-corrected chi connectivity index (χ3v) is 2.88. The van der Waals surface area contributed by atoms with Crippen molar-refractivity contribution in [2.45, 2.75) is 46.5 Å². The van der Waals surface area contributed by atoms with Gasteiger partial charge in [0.1, 0.15) is 5.69 Å². The van der Waals surface area contributed by atoms with Gasteiger partial charge in [-0.05, 0) is 18.8 Å². The van der Waals surface area contributed by atoms with Crippen LogP contribution in [0.5, 0.6) is 0 Å². The third kappa shape index (κ3) is 1.60. The number of rotatable bonds is 2. The topological polar surface area (TPSA) is 38.9 Å². The first-order valence-corrected chi connectivity index (χ1v) is 5.76. The van der Waals surface area contributed by atoms with E-state index in [1.807, 2.05) is 13.2 Å². The molecule has 0 aromatic carbocycles. The van der Waals surface area contributed by atoms with E-state index in [-0.39, 0.29) is 0 Å². The van der Waals surface area contributed by atoms with Crippen LogP contribution in [0.2, 0.25) is 0 Å². The summed E-state index contributed by atoms with van der Waals surface area (Å²) in [5, 5.41) is 9.63. The van der Waals surface area contributed by atoms with Crippen LogP contribution in [0.25, 0.3) is 11.0 Å². The van der Waals surface area contributed by atoms with Gasteiger partial charge in [-0.2, -0.15) is 10.2 Å². The van der Waals surface area contributed by atoms with E-state index < -0.39 is 0 Å². The van der Waals surface area contributed by atoms with Crippen molar-refractivity contribution in [3.05, 3.63) is 23.2 Å². The molecule has 3 nitrogen and oxygen atoms in total. The van der Waals surface area contributed by atoms with E-state index in [9.17, 15) is 0 Å². The molecular weight excluding hydrogens is 200 g/mol. The zero-order valence-electron chi connectivity index (χ0n) is 10.5. The molecule has 0 atom stereocenters. The normalized spacial score (nSPS) is 11.9. The Balaban J connectivity index is 2.81. The lowest BCUT2D eigenvalue weighted by molar-refractivity contribution is 0.600. The zero-order chi connectivity index (χ0) is 11.9. The predicted molar refractivity (Wildman–Crippen MR) is 64.7 cm³/mol. The molecule has 0 bridgehead atoms. The number of hydrogen-bond donors (Lipinski definition) is 0. The molecule has 2 heterocycles. The van der Waals surface area contributed by atoms with Crippen molar-refractivity contribution in [3.63, 3.8) is 0 Å². The summed E-state index contributed by atoms with van der Waals surface area (Å²) in [4.78, 5) is 0. The van der Waals surface area contributed by atoms with Crippen molar-refractivity contribution in [2.24, 2.45) is 0 Å². The van der Waals surface area contributed by atoms with Crippen LogP contribution in [0, 0.1) is 6.92 Å². The van der Waals surface area contributed by atoms with Crippen LogP contribution in [0.4, 0.5) is 0 Å².